The van der Waals surface area contributed by atoms with Crippen molar-refractivity contribution >= 4 is 27.5 Å². The van der Waals surface area contributed by atoms with Gasteiger partial charge in [-0.2, -0.15) is 10.1 Å². The third-order valence-corrected chi connectivity index (χ3v) is 4.85. The molecule has 0 fully saturated rings. The monoisotopic (exact) mass is 344 g/mol. The molecule has 1 aromatic carbocycles. The van der Waals surface area contributed by atoms with Gasteiger partial charge >= 0.3 is 0 Å². The summed E-state index contributed by atoms with van der Waals surface area (Å²) in [6.07, 6.45) is 0. The highest BCUT2D eigenvalue weighted by atomic mass is 32.1. The molecule has 0 saturated heterocycles. The molecule has 6 nitrogen and oxygen atoms in total. The summed E-state index contributed by atoms with van der Waals surface area (Å²) in [5.41, 5.74) is 2.34. The zero-order valence-electron chi connectivity index (χ0n) is 14.2. The van der Waals surface area contributed by atoms with E-state index in [2.05, 4.69) is 10.1 Å². The molecule has 0 aliphatic heterocycles. The maximum Gasteiger partial charge on any atom is 0.300 e. The smallest absolute Gasteiger partial charge is 0.300 e. The number of ether oxygens (including phenoxy) is 1. The number of carbonyl (C=O) groups excluding carboxylic acids is 1. The van der Waals surface area contributed by atoms with Gasteiger partial charge in [-0.05, 0) is 45.0 Å². The van der Waals surface area contributed by atoms with Gasteiger partial charge in [-0.15, -0.1) is 0 Å². The predicted molar refractivity (Wildman–Crippen MR) is 94.5 cm³/mol. The molecule has 0 saturated carbocycles. The van der Waals surface area contributed by atoms with Crippen LogP contribution in [0.4, 0.5) is 0 Å². The normalized spacial score (nSPS) is 12.1. The predicted octanol–water partition coefficient (Wildman–Crippen LogP) is 2.90. The highest BCUT2D eigenvalue weighted by Crippen LogP contribution is 2.23. The van der Waals surface area contributed by atoms with Gasteiger partial charge in [0.05, 0.1) is 16.8 Å². The summed E-state index contributed by atoms with van der Waals surface area (Å²) in [7, 11) is 1.81. The Labute approximate surface area is 144 Å². The van der Waals surface area contributed by atoms with E-state index in [0.29, 0.717) is 17.1 Å². The summed E-state index contributed by atoms with van der Waals surface area (Å²) >= 11 is 1.48. The zero-order valence-corrected chi connectivity index (χ0v) is 15.1. The minimum atomic E-state index is -0.322. The van der Waals surface area contributed by atoms with Gasteiger partial charge in [0.2, 0.25) is 0 Å². The second kappa shape index (κ2) is 6.60. The fourth-order valence-electron chi connectivity index (χ4n) is 2.51. The molecule has 3 aromatic rings. The Bertz CT molecular complexity index is 945. The first-order chi connectivity index (χ1) is 11.5. The number of carbonyl (C=O) groups is 1. The lowest BCUT2D eigenvalue weighted by Crippen LogP contribution is -2.16. The summed E-state index contributed by atoms with van der Waals surface area (Å²) in [6, 6.07) is 7.69. The molecule has 0 atom stereocenters. The molecule has 0 spiro atoms. The third kappa shape index (κ3) is 2.99. The van der Waals surface area contributed by atoms with Gasteiger partial charge in [0, 0.05) is 19.3 Å². The first-order valence-electron chi connectivity index (χ1n) is 7.89. The van der Waals surface area contributed by atoms with Crippen molar-refractivity contribution in [1.29, 1.82) is 0 Å². The largest absolute Gasteiger partial charge is 0.494 e. The first kappa shape index (κ1) is 16.4. The number of hydrogen-bond donors (Lipinski definition) is 0. The van der Waals surface area contributed by atoms with Crippen LogP contribution >= 0.6 is 11.3 Å². The van der Waals surface area contributed by atoms with Crippen LogP contribution in [-0.2, 0) is 13.6 Å². The Hall–Kier alpha value is -2.41. The number of benzene rings is 1. The van der Waals surface area contributed by atoms with Crippen LogP contribution in [0.5, 0.6) is 5.75 Å². The molecular formula is C17H20N4O2S. The average molecular weight is 344 g/mol. The molecule has 1 amide bonds. The minimum absolute atomic E-state index is 0.322. The second-order valence-corrected chi connectivity index (χ2v) is 6.41. The van der Waals surface area contributed by atoms with Gasteiger partial charge in [0.1, 0.15) is 5.75 Å². The third-order valence-electron chi connectivity index (χ3n) is 3.81. The lowest BCUT2D eigenvalue weighted by molar-refractivity contribution is 0.0992. The Morgan fingerprint density at radius 2 is 2.12 bits per heavy atom. The molecule has 0 aliphatic rings. The van der Waals surface area contributed by atoms with E-state index >= 15 is 0 Å². The number of thiazole rings is 1. The number of aromatic nitrogens is 3. The van der Waals surface area contributed by atoms with Crippen LogP contribution in [0.2, 0.25) is 0 Å². The molecule has 0 unspecified atom stereocenters. The van der Waals surface area contributed by atoms with Crippen LogP contribution in [0.1, 0.15) is 30.0 Å². The van der Waals surface area contributed by atoms with E-state index in [1.165, 1.54) is 11.3 Å². The maximum absolute atomic E-state index is 12.4. The number of fused-ring (bicyclic) bond motifs is 1. The van der Waals surface area contributed by atoms with Crippen molar-refractivity contribution in [3.63, 3.8) is 0 Å². The van der Waals surface area contributed by atoms with Crippen LogP contribution < -0.4 is 9.54 Å². The molecule has 0 N–H and O–H groups in total. The van der Waals surface area contributed by atoms with Crippen molar-refractivity contribution < 1.29 is 9.53 Å². The second-order valence-electron chi connectivity index (χ2n) is 5.40. The minimum Gasteiger partial charge on any atom is -0.494 e. The van der Waals surface area contributed by atoms with Crippen LogP contribution in [0.3, 0.4) is 0 Å². The van der Waals surface area contributed by atoms with Gasteiger partial charge in [-0.1, -0.05) is 11.3 Å². The van der Waals surface area contributed by atoms with E-state index < -0.39 is 0 Å². The lowest BCUT2D eigenvalue weighted by Gasteiger charge is -2.03. The SMILES string of the molecule is CCOc1ccc2c(c1)sc(=NC(=O)c1cc(C)n(C)n1)n2CC. The fraction of sp³-hybridized carbons (Fsp3) is 0.353. The van der Waals surface area contributed by atoms with Crippen LogP contribution in [0, 0.1) is 6.92 Å². The van der Waals surface area contributed by atoms with Gasteiger partial charge in [-0.3, -0.25) is 9.48 Å². The highest BCUT2D eigenvalue weighted by Gasteiger charge is 2.12. The van der Waals surface area contributed by atoms with E-state index in [4.69, 9.17) is 4.74 Å². The zero-order chi connectivity index (χ0) is 17.3. The van der Waals surface area contributed by atoms with E-state index in [1.54, 1.807) is 10.7 Å². The Morgan fingerprint density at radius 1 is 1.33 bits per heavy atom. The van der Waals surface area contributed by atoms with Crippen LogP contribution in [-0.4, -0.2) is 26.9 Å². The number of hydrogen-bond acceptors (Lipinski definition) is 4. The van der Waals surface area contributed by atoms with Crippen molar-refractivity contribution in [2.24, 2.45) is 12.0 Å². The number of aryl methyl sites for hydroxylation is 3. The van der Waals surface area contributed by atoms with E-state index in [9.17, 15) is 4.79 Å². The highest BCUT2D eigenvalue weighted by molar-refractivity contribution is 7.16. The lowest BCUT2D eigenvalue weighted by atomic mass is 10.3. The topological polar surface area (TPSA) is 61.4 Å². The standard InChI is InChI=1S/C17H20N4O2S/c1-5-21-14-8-7-12(23-6-2)10-15(14)24-17(21)18-16(22)13-9-11(3)20(4)19-13/h7-10H,5-6H2,1-4H3. The molecule has 0 radical (unpaired) electrons. The summed E-state index contributed by atoms with van der Waals surface area (Å²) in [5, 5.41) is 4.20. The van der Waals surface area contributed by atoms with E-state index in [0.717, 1.165) is 28.2 Å². The Kier molecular flexibility index (Phi) is 4.53. The molecular weight excluding hydrogens is 324 g/mol. The number of rotatable bonds is 4. The molecule has 2 heterocycles. The first-order valence-corrected chi connectivity index (χ1v) is 8.71. The molecule has 7 heteroatoms. The van der Waals surface area contributed by atoms with Crippen LogP contribution in [0.25, 0.3) is 10.2 Å². The van der Waals surface area contributed by atoms with E-state index in [1.807, 2.05) is 50.6 Å². The van der Waals surface area contributed by atoms with Crippen molar-refractivity contribution in [3.8, 4) is 5.75 Å². The summed E-state index contributed by atoms with van der Waals surface area (Å²) in [5.74, 6) is 0.505. The van der Waals surface area contributed by atoms with Crippen molar-refractivity contribution in [3.05, 3.63) is 40.5 Å². The summed E-state index contributed by atoms with van der Waals surface area (Å²) < 4.78 is 10.3. The Balaban J connectivity index is 2.08. The van der Waals surface area contributed by atoms with Crippen molar-refractivity contribution in [2.75, 3.05) is 6.61 Å². The van der Waals surface area contributed by atoms with Gasteiger partial charge < -0.3 is 9.30 Å². The summed E-state index contributed by atoms with van der Waals surface area (Å²) in [6.45, 7) is 7.27. The van der Waals surface area contributed by atoms with Crippen molar-refractivity contribution in [2.45, 2.75) is 27.3 Å². The molecule has 3 rings (SSSR count). The van der Waals surface area contributed by atoms with Gasteiger partial charge in [0.15, 0.2) is 10.5 Å². The summed E-state index contributed by atoms with van der Waals surface area (Å²) in [4.78, 5) is 17.4. The van der Waals surface area contributed by atoms with Gasteiger partial charge in [-0.25, -0.2) is 0 Å². The van der Waals surface area contributed by atoms with Crippen molar-refractivity contribution in [1.82, 2.24) is 14.3 Å². The van der Waals surface area contributed by atoms with E-state index in [-0.39, 0.29) is 5.91 Å². The molecule has 24 heavy (non-hydrogen) atoms. The average Bonchev–Trinajstić information content (AvgIpc) is 3.07. The Morgan fingerprint density at radius 3 is 2.75 bits per heavy atom. The fourth-order valence-corrected chi connectivity index (χ4v) is 3.63. The molecule has 0 aliphatic carbocycles. The molecule has 0 bridgehead atoms. The van der Waals surface area contributed by atoms with Gasteiger partial charge in [0.25, 0.3) is 5.91 Å². The number of amides is 1. The number of nitrogens with zero attached hydrogens (tertiary/aromatic N) is 4. The molecule has 126 valence electrons. The van der Waals surface area contributed by atoms with Crippen LogP contribution in [0.15, 0.2) is 29.3 Å². The quantitative estimate of drug-likeness (QED) is 0.731. The molecule has 2 aromatic heterocycles. The maximum atomic E-state index is 12.4.